The Hall–Kier alpha value is -2.28. The molecule has 8 heteroatoms. The second-order valence-electron chi connectivity index (χ2n) is 5.54. The van der Waals surface area contributed by atoms with E-state index >= 15 is 0 Å². The first-order valence-corrected chi connectivity index (χ1v) is 7.56. The van der Waals surface area contributed by atoms with Crippen LogP contribution in [0.5, 0.6) is 5.75 Å². The number of hydrogen-bond acceptors (Lipinski definition) is 4. The lowest BCUT2D eigenvalue weighted by molar-refractivity contribution is -0.141. The first kappa shape index (κ1) is 17.1. The molecule has 1 aliphatic heterocycles. The van der Waals surface area contributed by atoms with Gasteiger partial charge in [0.25, 0.3) is 0 Å². The van der Waals surface area contributed by atoms with Gasteiger partial charge in [-0.2, -0.15) is 0 Å². The van der Waals surface area contributed by atoms with Crippen molar-refractivity contribution in [1.82, 2.24) is 16.2 Å². The largest absolute Gasteiger partial charge is 0.492 e. The van der Waals surface area contributed by atoms with Gasteiger partial charge < -0.3 is 10.1 Å². The van der Waals surface area contributed by atoms with Crippen LogP contribution in [-0.4, -0.2) is 30.4 Å². The van der Waals surface area contributed by atoms with Crippen LogP contribution in [-0.2, 0) is 20.8 Å². The predicted octanol–water partition coefficient (Wildman–Crippen LogP) is 0.563. The van der Waals surface area contributed by atoms with Crippen LogP contribution >= 0.6 is 11.6 Å². The molecule has 0 fully saturated rings. The first-order chi connectivity index (χ1) is 10.9. The molecular formula is C15H18ClN3O4. The van der Waals surface area contributed by atoms with Crippen LogP contribution in [0.1, 0.15) is 19.4 Å². The maximum Gasteiger partial charge on any atom is 0.327 e. The van der Waals surface area contributed by atoms with E-state index in [0.29, 0.717) is 17.2 Å². The highest BCUT2D eigenvalue weighted by molar-refractivity contribution is 6.35. The summed E-state index contributed by atoms with van der Waals surface area (Å²) < 4.78 is 5.51. The van der Waals surface area contributed by atoms with E-state index in [1.54, 1.807) is 32.0 Å². The molecule has 1 heterocycles. The number of hydrazine groups is 1. The van der Waals surface area contributed by atoms with Crippen LogP contribution in [0.25, 0.3) is 0 Å². The van der Waals surface area contributed by atoms with Crippen LogP contribution in [0.3, 0.4) is 0 Å². The summed E-state index contributed by atoms with van der Waals surface area (Å²) in [5, 5.41) is 2.99. The molecule has 0 aromatic heterocycles. The van der Waals surface area contributed by atoms with Gasteiger partial charge in [-0.3, -0.25) is 25.2 Å². The Labute approximate surface area is 138 Å². The summed E-state index contributed by atoms with van der Waals surface area (Å²) in [5.74, 6) is -1.95. The zero-order valence-corrected chi connectivity index (χ0v) is 13.6. The Morgan fingerprint density at radius 3 is 2.65 bits per heavy atom. The standard InChI is InChI=1S/C15H18ClN3O4/c1-8(2)17-14(21)15(22)19-18-13(20)10-5-9-6-11(16)3-4-12(9)23-7-10/h3-4,6,8,10H,5,7H2,1-2H3,(H,17,21)(H,18,20)(H,19,22)/t10-/m1/s1. The second-order valence-corrected chi connectivity index (χ2v) is 5.97. The number of benzene rings is 1. The van der Waals surface area contributed by atoms with Crippen LogP contribution in [0.4, 0.5) is 0 Å². The van der Waals surface area contributed by atoms with E-state index in [0.717, 1.165) is 5.56 Å². The van der Waals surface area contributed by atoms with Crippen molar-refractivity contribution in [3.63, 3.8) is 0 Å². The van der Waals surface area contributed by atoms with Crippen LogP contribution in [0.15, 0.2) is 18.2 Å². The lowest BCUT2D eigenvalue weighted by Gasteiger charge is -2.24. The molecule has 1 aromatic rings. The highest BCUT2D eigenvalue weighted by atomic mass is 35.5. The van der Waals surface area contributed by atoms with Gasteiger partial charge in [0.1, 0.15) is 12.4 Å². The fourth-order valence-corrected chi connectivity index (χ4v) is 2.33. The lowest BCUT2D eigenvalue weighted by atomic mass is 9.96. The van der Waals surface area contributed by atoms with Gasteiger partial charge in [0.15, 0.2) is 0 Å². The van der Waals surface area contributed by atoms with Crippen molar-refractivity contribution in [2.24, 2.45) is 5.92 Å². The summed E-state index contributed by atoms with van der Waals surface area (Å²) in [6, 6.07) is 5.04. The third-order valence-electron chi connectivity index (χ3n) is 3.22. The molecule has 3 N–H and O–H groups in total. The van der Waals surface area contributed by atoms with Gasteiger partial charge in [0.05, 0.1) is 5.92 Å². The third-order valence-corrected chi connectivity index (χ3v) is 3.46. The molecule has 1 aliphatic rings. The number of ether oxygens (including phenoxy) is 1. The summed E-state index contributed by atoms with van der Waals surface area (Å²) in [6.45, 7) is 3.64. The highest BCUT2D eigenvalue weighted by Gasteiger charge is 2.27. The van der Waals surface area contributed by atoms with E-state index in [1.165, 1.54) is 0 Å². The zero-order chi connectivity index (χ0) is 17.0. The van der Waals surface area contributed by atoms with Crippen molar-refractivity contribution in [3.8, 4) is 5.75 Å². The van der Waals surface area contributed by atoms with Crippen LogP contribution in [0.2, 0.25) is 5.02 Å². The van der Waals surface area contributed by atoms with E-state index in [9.17, 15) is 14.4 Å². The van der Waals surface area contributed by atoms with Gasteiger partial charge >= 0.3 is 11.8 Å². The van der Waals surface area contributed by atoms with Crippen molar-refractivity contribution in [3.05, 3.63) is 28.8 Å². The summed E-state index contributed by atoms with van der Waals surface area (Å²) in [4.78, 5) is 35.0. The summed E-state index contributed by atoms with van der Waals surface area (Å²) >= 11 is 5.93. The number of hydrogen-bond donors (Lipinski definition) is 3. The summed E-state index contributed by atoms with van der Waals surface area (Å²) in [6.07, 6.45) is 0.440. The average molecular weight is 340 g/mol. The van der Waals surface area contributed by atoms with Gasteiger partial charge in [-0.05, 0) is 44.0 Å². The number of carbonyl (C=O) groups excluding carboxylic acids is 3. The second kappa shape index (κ2) is 7.32. The van der Waals surface area contributed by atoms with Gasteiger partial charge in [-0.25, -0.2) is 0 Å². The maximum absolute atomic E-state index is 12.1. The molecule has 1 atom stereocenters. The topological polar surface area (TPSA) is 96.5 Å². The molecule has 0 radical (unpaired) electrons. The molecule has 23 heavy (non-hydrogen) atoms. The van der Waals surface area contributed by atoms with Crippen molar-refractivity contribution in [2.75, 3.05) is 6.61 Å². The van der Waals surface area contributed by atoms with E-state index in [2.05, 4.69) is 16.2 Å². The smallest absolute Gasteiger partial charge is 0.327 e. The van der Waals surface area contributed by atoms with Crippen molar-refractivity contribution < 1.29 is 19.1 Å². The fraction of sp³-hybridized carbons (Fsp3) is 0.400. The van der Waals surface area contributed by atoms with E-state index in [4.69, 9.17) is 16.3 Å². The van der Waals surface area contributed by atoms with Gasteiger partial charge in [0.2, 0.25) is 5.91 Å². The zero-order valence-electron chi connectivity index (χ0n) is 12.8. The van der Waals surface area contributed by atoms with E-state index in [-0.39, 0.29) is 12.6 Å². The van der Waals surface area contributed by atoms with E-state index in [1.807, 2.05) is 0 Å². The van der Waals surface area contributed by atoms with E-state index < -0.39 is 23.6 Å². The maximum atomic E-state index is 12.1. The summed E-state index contributed by atoms with van der Waals surface area (Å²) in [7, 11) is 0. The molecule has 0 aliphatic carbocycles. The Balaban J connectivity index is 1.87. The Morgan fingerprint density at radius 1 is 1.22 bits per heavy atom. The number of rotatable bonds is 2. The number of carbonyl (C=O) groups is 3. The number of amides is 3. The van der Waals surface area contributed by atoms with Gasteiger partial charge in [-0.15, -0.1) is 0 Å². The van der Waals surface area contributed by atoms with Crippen molar-refractivity contribution >= 4 is 29.3 Å². The van der Waals surface area contributed by atoms with Crippen LogP contribution < -0.4 is 20.9 Å². The number of nitrogens with one attached hydrogen (secondary N) is 3. The Morgan fingerprint density at radius 2 is 1.96 bits per heavy atom. The molecule has 124 valence electrons. The van der Waals surface area contributed by atoms with Crippen LogP contribution in [0, 0.1) is 5.92 Å². The SMILES string of the molecule is CC(C)NC(=O)C(=O)NNC(=O)[C@H]1COc2ccc(Cl)cc2C1. The third kappa shape index (κ3) is 4.59. The first-order valence-electron chi connectivity index (χ1n) is 7.18. The molecule has 0 saturated heterocycles. The quantitative estimate of drug-likeness (QED) is 0.542. The average Bonchev–Trinajstić information content (AvgIpc) is 2.50. The number of halogens is 1. The van der Waals surface area contributed by atoms with Gasteiger partial charge in [0, 0.05) is 11.1 Å². The minimum atomic E-state index is -0.924. The number of fused-ring (bicyclic) bond motifs is 1. The molecule has 1 aromatic carbocycles. The molecule has 0 spiro atoms. The highest BCUT2D eigenvalue weighted by Crippen LogP contribution is 2.29. The summed E-state index contributed by atoms with van der Waals surface area (Å²) in [5.41, 5.74) is 5.15. The fourth-order valence-electron chi connectivity index (χ4n) is 2.14. The Bertz CT molecular complexity index is 633. The minimum Gasteiger partial charge on any atom is -0.492 e. The molecule has 0 bridgehead atoms. The minimum absolute atomic E-state index is 0.169. The predicted molar refractivity (Wildman–Crippen MR) is 83.7 cm³/mol. The molecule has 0 saturated carbocycles. The lowest BCUT2D eigenvalue weighted by Crippen LogP contribution is -2.52. The van der Waals surface area contributed by atoms with Crippen molar-refractivity contribution in [2.45, 2.75) is 26.3 Å². The molecular weight excluding hydrogens is 322 g/mol. The molecule has 7 nitrogen and oxygen atoms in total. The van der Waals surface area contributed by atoms with Crippen molar-refractivity contribution in [1.29, 1.82) is 0 Å². The van der Waals surface area contributed by atoms with Gasteiger partial charge in [-0.1, -0.05) is 11.6 Å². The Kier molecular flexibility index (Phi) is 5.44. The molecule has 0 unspecified atom stereocenters. The monoisotopic (exact) mass is 339 g/mol. The normalized spacial score (nSPS) is 16.1. The molecule has 2 rings (SSSR count). The molecule has 3 amide bonds.